The molecule has 1 aliphatic heterocycles. The minimum atomic E-state index is -0.559. The van der Waals surface area contributed by atoms with Crippen molar-refractivity contribution >= 4 is 50.8 Å². The molecule has 1 amide bonds. The fourth-order valence-corrected chi connectivity index (χ4v) is 4.46. The van der Waals surface area contributed by atoms with Crippen LogP contribution in [-0.4, -0.2) is 36.8 Å². The number of nitrogens with one attached hydrogen (secondary N) is 3. The van der Waals surface area contributed by atoms with Gasteiger partial charge in [0, 0.05) is 11.4 Å². The molecule has 0 saturated heterocycles. The van der Waals surface area contributed by atoms with Gasteiger partial charge in [-0.3, -0.25) is 4.79 Å². The fourth-order valence-electron chi connectivity index (χ4n) is 3.62. The van der Waals surface area contributed by atoms with Crippen molar-refractivity contribution in [2.24, 2.45) is 0 Å². The topological polar surface area (TPSA) is 97.9 Å². The summed E-state index contributed by atoms with van der Waals surface area (Å²) >= 11 is 8.86. The first-order valence-corrected chi connectivity index (χ1v) is 12.3. The first kappa shape index (κ1) is 26.5. The van der Waals surface area contributed by atoms with E-state index < -0.39 is 12.0 Å². The lowest BCUT2D eigenvalue weighted by Crippen LogP contribution is -2.45. The van der Waals surface area contributed by atoms with E-state index in [0.29, 0.717) is 44.5 Å². The second-order valence-corrected chi connectivity index (χ2v) is 8.97. The predicted molar refractivity (Wildman–Crippen MR) is 142 cm³/mol. The Labute approximate surface area is 218 Å². The third kappa shape index (κ3) is 6.52. The average molecular weight is 562 g/mol. The summed E-state index contributed by atoms with van der Waals surface area (Å²) in [6, 6.07) is 10.5. The zero-order chi connectivity index (χ0) is 25.5. The van der Waals surface area contributed by atoms with Crippen LogP contribution in [-0.2, 0) is 14.3 Å². The maximum atomic E-state index is 12.7. The molecule has 0 aliphatic carbocycles. The van der Waals surface area contributed by atoms with Gasteiger partial charge in [0.15, 0.2) is 23.2 Å². The van der Waals surface area contributed by atoms with Crippen molar-refractivity contribution in [3.63, 3.8) is 0 Å². The number of amides is 1. The summed E-state index contributed by atoms with van der Waals surface area (Å²) in [6.07, 6.45) is 0. The van der Waals surface area contributed by atoms with Crippen LogP contribution in [0.25, 0.3) is 0 Å². The van der Waals surface area contributed by atoms with E-state index in [0.717, 1.165) is 11.3 Å². The summed E-state index contributed by atoms with van der Waals surface area (Å²) in [7, 11) is 0. The molecule has 2 aromatic rings. The molecule has 0 saturated carbocycles. The van der Waals surface area contributed by atoms with Gasteiger partial charge in [-0.1, -0.05) is 18.2 Å². The van der Waals surface area contributed by atoms with E-state index in [1.54, 1.807) is 26.0 Å². The minimum Gasteiger partial charge on any atom is -0.490 e. The third-order valence-electron chi connectivity index (χ3n) is 5.20. The molecule has 2 aromatic carbocycles. The zero-order valence-corrected chi connectivity index (χ0v) is 22.4. The minimum absolute atomic E-state index is 0.213. The average Bonchev–Trinajstić information content (AvgIpc) is 2.79. The Bertz CT molecular complexity index is 1170. The van der Waals surface area contributed by atoms with E-state index in [4.69, 9.17) is 26.4 Å². The number of halogens is 1. The Kier molecular flexibility index (Phi) is 9.11. The van der Waals surface area contributed by atoms with Crippen molar-refractivity contribution in [2.45, 2.75) is 33.7 Å². The van der Waals surface area contributed by atoms with Crippen LogP contribution < -0.4 is 25.4 Å². The number of anilines is 1. The van der Waals surface area contributed by atoms with E-state index in [2.05, 4.69) is 31.9 Å². The molecule has 0 fully saturated rings. The molecular formula is C25H28BrN3O5S. The smallest absolute Gasteiger partial charge is 0.338 e. The van der Waals surface area contributed by atoms with Crippen LogP contribution in [0.15, 0.2) is 52.1 Å². The molecule has 0 spiro atoms. The van der Waals surface area contributed by atoms with Crippen LogP contribution in [0.2, 0.25) is 0 Å². The van der Waals surface area contributed by atoms with Crippen molar-refractivity contribution in [3.8, 4) is 11.5 Å². The summed E-state index contributed by atoms with van der Waals surface area (Å²) in [5.74, 6) is 0.0594. The second-order valence-electron chi connectivity index (χ2n) is 7.71. The SMILES string of the molecule is CCOC(=O)C1=C(C)NC(=S)N[C@@H]1c1cc(Br)c(OCC(=O)Nc2ccccc2C)c(OCC)c1. The van der Waals surface area contributed by atoms with Crippen LogP contribution >= 0.6 is 28.1 Å². The Morgan fingerprint density at radius 2 is 1.86 bits per heavy atom. The highest BCUT2D eigenvalue weighted by Crippen LogP contribution is 2.40. The summed E-state index contributed by atoms with van der Waals surface area (Å²) in [5, 5.41) is 9.35. The maximum Gasteiger partial charge on any atom is 0.338 e. The number of rotatable bonds is 9. The number of thiocarbonyl (C=S) groups is 1. The number of ether oxygens (including phenoxy) is 3. The summed E-state index contributed by atoms with van der Waals surface area (Å²) in [6.45, 7) is 7.70. The molecule has 0 bridgehead atoms. The van der Waals surface area contributed by atoms with Gasteiger partial charge in [0.2, 0.25) is 0 Å². The van der Waals surface area contributed by atoms with E-state index >= 15 is 0 Å². The van der Waals surface area contributed by atoms with Gasteiger partial charge in [0.25, 0.3) is 5.91 Å². The molecule has 186 valence electrons. The van der Waals surface area contributed by atoms with Gasteiger partial charge in [-0.15, -0.1) is 0 Å². The van der Waals surface area contributed by atoms with E-state index in [-0.39, 0.29) is 19.1 Å². The molecule has 1 aliphatic rings. The van der Waals surface area contributed by atoms with Crippen molar-refractivity contribution < 1.29 is 23.8 Å². The van der Waals surface area contributed by atoms with Gasteiger partial charge < -0.3 is 30.2 Å². The standard InChI is InChI=1S/C25H28BrN3O5S/c1-5-32-19-12-16(22-21(24(31)33-6-2)15(4)27-25(35)29-22)11-17(26)23(19)34-13-20(30)28-18-10-8-7-9-14(18)3/h7-12,22H,5-6,13H2,1-4H3,(H,28,30)(H2,27,29,35)/t22-/m1/s1. The van der Waals surface area contributed by atoms with Crippen molar-refractivity contribution in [1.82, 2.24) is 10.6 Å². The Morgan fingerprint density at radius 3 is 2.54 bits per heavy atom. The lowest BCUT2D eigenvalue weighted by molar-refractivity contribution is -0.139. The number of aryl methyl sites for hydroxylation is 1. The number of hydrogen-bond acceptors (Lipinski definition) is 6. The predicted octanol–water partition coefficient (Wildman–Crippen LogP) is 4.53. The Balaban J connectivity index is 1.87. The number of allylic oxidation sites excluding steroid dienone is 1. The monoisotopic (exact) mass is 561 g/mol. The normalized spacial score (nSPS) is 15.1. The Morgan fingerprint density at radius 1 is 1.11 bits per heavy atom. The van der Waals surface area contributed by atoms with E-state index in [9.17, 15) is 9.59 Å². The van der Waals surface area contributed by atoms with Crippen molar-refractivity contribution in [2.75, 3.05) is 25.1 Å². The van der Waals surface area contributed by atoms with Crippen LogP contribution in [0.3, 0.4) is 0 Å². The van der Waals surface area contributed by atoms with Crippen molar-refractivity contribution in [3.05, 3.63) is 63.3 Å². The largest absolute Gasteiger partial charge is 0.490 e. The molecule has 1 heterocycles. The molecule has 10 heteroatoms. The molecule has 0 unspecified atom stereocenters. The van der Waals surface area contributed by atoms with Gasteiger partial charge in [-0.25, -0.2) is 4.79 Å². The second kappa shape index (κ2) is 12.0. The number of carbonyl (C=O) groups excluding carboxylic acids is 2. The molecule has 0 aromatic heterocycles. The van der Waals surface area contributed by atoms with Gasteiger partial charge in [-0.05, 0) is 85.2 Å². The molecule has 0 radical (unpaired) electrons. The zero-order valence-electron chi connectivity index (χ0n) is 20.0. The summed E-state index contributed by atoms with van der Waals surface area (Å²) < 4.78 is 17.5. The number of esters is 1. The molecule has 3 rings (SSSR count). The van der Waals surface area contributed by atoms with E-state index in [1.807, 2.05) is 38.1 Å². The van der Waals surface area contributed by atoms with Gasteiger partial charge in [-0.2, -0.15) is 0 Å². The van der Waals surface area contributed by atoms with Gasteiger partial charge in [0.05, 0.1) is 29.3 Å². The molecule has 35 heavy (non-hydrogen) atoms. The van der Waals surface area contributed by atoms with Crippen molar-refractivity contribution in [1.29, 1.82) is 0 Å². The lowest BCUT2D eigenvalue weighted by atomic mass is 9.95. The van der Waals surface area contributed by atoms with Gasteiger partial charge in [0.1, 0.15) is 0 Å². The van der Waals surface area contributed by atoms with Gasteiger partial charge >= 0.3 is 5.97 Å². The molecular weight excluding hydrogens is 534 g/mol. The Hall–Kier alpha value is -3.11. The number of benzene rings is 2. The van der Waals surface area contributed by atoms with Crippen LogP contribution in [0, 0.1) is 6.92 Å². The quantitative estimate of drug-likeness (QED) is 0.303. The molecule has 8 nitrogen and oxygen atoms in total. The van der Waals surface area contributed by atoms with E-state index in [1.165, 1.54) is 0 Å². The lowest BCUT2D eigenvalue weighted by Gasteiger charge is -2.30. The highest BCUT2D eigenvalue weighted by molar-refractivity contribution is 9.10. The third-order valence-corrected chi connectivity index (χ3v) is 6.01. The number of hydrogen-bond donors (Lipinski definition) is 3. The summed E-state index contributed by atoms with van der Waals surface area (Å²) in [5.41, 5.74) is 3.42. The molecule has 1 atom stereocenters. The summed E-state index contributed by atoms with van der Waals surface area (Å²) in [4.78, 5) is 25.2. The number of para-hydroxylation sites is 1. The highest BCUT2D eigenvalue weighted by atomic mass is 79.9. The first-order chi connectivity index (χ1) is 16.7. The number of carbonyl (C=O) groups is 2. The van der Waals surface area contributed by atoms with Crippen LogP contribution in [0.1, 0.15) is 37.9 Å². The van der Waals surface area contributed by atoms with Crippen LogP contribution in [0.4, 0.5) is 5.69 Å². The van der Waals surface area contributed by atoms with Crippen LogP contribution in [0.5, 0.6) is 11.5 Å². The fraction of sp³-hybridized carbons (Fsp3) is 0.320. The maximum absolute atomic E-state index is 12.7. The molecule has 3 N–H and O–H groups in total. The first-order valence-electron chi connectivity index (χ1n) is 11.1. The highest BCUT2D eigenvalue weighted by Gasteiger charge is 2.32.